The van der Waals surface area contributed by atoms with Gasteiger partial charge in [-0.15, -0.1) is 0 Å². The molecule has 3 rings (SSSR count). The number of carbonyl (C=O) groups is 1. The average molecular weight is 250 g/mol. The van der Waals surface area contributed by atoms with Gasteiger partial charge in [0, 0.05) is 31.7 Å². The van der Waals surface area contributed by atoms with E-state index >= 15 is 0 Å². The van der Waals surface area contributed by atoms with Gasteiger partial charge in [0.1, 0.15) is 5.82 Å². The van der Waals surface area contributed by atoms with Gasteiger partial charge in [0.2, 0.25) is 0 Å². The summed E-state index contributed by atoms with van der Waals surface area (Å²) in [4.78, 5) is 17.6. The zero-order chi connectivity index (χ0) is 12.5. The Bertz CT molecular complexity index is 467. The standard InChI is InChI=1S/C12H15FN4O/c13-9-3-10(6-15-5-9)16-12(18)17-2-1-8-4-14-7-11(8)17/h3,5-6,8,11,14H,1-2,4,7H2,(H,16,18)/t8-,11+/m1/s1. The molecule has 3 heterocycles. The lowest BCUT2D eigenvalue weighted by Gasteiger charge is -2.23. The summed E-state index contributed by atoms with van der Waals surface area (Å²) in [6.07, 6.45) is 3.59. The molecule has 2 aliphatic rings. The molecule has 0 aromatic carbocycles. The Morgan fingerprint density at radius 3 is 3.22 bits per heavy atom. The highest BCUT2D eigenvalue weighted by atomic mass is 19.1. The number of nitrogens with zero attached hydrogens (tertiary/aromatic N) is 2. The van der Waals surface area contributed by atoms with Crippen molar-refractivity contribution in [2.24, 2.45) is 5.92 Å². The third kappa shape index (κ3) is 2.03. The van der Waals surface area contributed by atoms with Crippen LogP contribution in [0.4, 0.5) is 14.9 Å². The number of likely N-dealkylation sites (tertiary alicyclic amines) is 1. The maximum absolute atomic E-state index is 13.0. The fraction of sp³-hybridized carbons (Fsp3) is 0.500. The molecule has 6 heteroatoms. The minimum Gasteiger partial charge on any atom is -0.320 e. The fourth-order valence-electron chi connectivity index (χ4n) is 2.78. The smallest absolute Gasteiger partial charge is 0.320 e. The first-order valence-corrected chi connectivity index (χ1v) is 6.13. The van der Waals surface area contributed by atoms with Gasteiger partial charge in [-0.1, -0.05) is 0 Å². The topological polar surface area (TPSA) is 57.3 Å². The Hall–Kier alpha value is -1.69. The van der Waals surface area contributed by atoms with Crippen LogP contribution in [0.15, 0.2) is 18.5 Å². The molecule has 2 aliphatic heterocycles. The number of rotatable bonds is 1. The van der Waals surface area contributed by atoms with Crippen molar-refractivity contribution in [1.29, 1.82) is 0 Å². The Morgan fingerprint density at radius 2 is 2.39 bits per heavy atom. The molecule has 1 aromatic heterocycles. The van der Waals surface area contributed by atoms with Crippen molar-refractivity contribution in [2.75, 3.05) is 25.0 Å². The lowest BCUT2D eigenvalue weighted by molar-refractivity contribution is 0.206. The molecule has 0 aliphatic carbocycles. The molecule has 0 spiro atoms. The summed E-state index contributed by atoms with van der Waals surface area (Å²) >= 11 is 0. The molecular weight excluding hydrogens is 235 g/mol. The van der Waals surface area contributed by atoms with Crippen molar-refractivity contribution in [3.63, 3.8) is 0 Å². The number of halogens is 1. The highest BCUT2D eigenvalue weighted by Crippen LogP contribution is 2.27. The van der Waals surface area contributed by atoms with Gasteiger partial charge in [-0.2, -0.15) is 0 Å². The predicted octanol–water partition coefficient (Wildman–Crippen LogP) is 1.05. The first-order chi connectivity index (χ1) is 8.74. The summed E-state index contributed by atoms with van der Waals surface area (Å²) in [6.45, 7) is 2.60. The number of fused-ring (bicyclic) bond motifs is 1. The van der Waals surface area contributed by atoms with Crippen LogP contribution in [0.1, 0.15) is 6.42 Å². The molecule has 96 valence electrons. The molecular formula is C12H15FN4O. The Labute approximate surface area is 104 Å². The van der Waals surface area contributed by atoms with Crippen molar-refractivity contribution in [3.05, 3.63) is 24.3 Å². The number of urea groups is 1. The fourth-order valence-corrected chi connectivity index (χ4v) is 2.78. The number of hydrogen-bond acceptors (Lipinski definition) is 3. The van der Waals surface area contributed by atoms with E-state index in [-0.39, 0.29) is 12.1 Å². The molecule has 2 N–H and O–H groups in total. The van der Waals surface area contributed by atoms with Crippen molar-refractivity contribution in [1.82, 2.24) is 15.2 Å². The maximum Gasteiger partial charge on any atom is 0.322 e. The molecule has 0 radical (unpaired) electrons. The molecule has 0 saturated carbocycles. The first kappa shape index (κ1) is 11.4. The van der Waals surface area contributed by atoms with E-state index in [0.717, 1.165) is 32.3 Å². The molecule has 2 atom stereocenters. The molecule has 2 fully saturated rings. The van der Waals surface area contributed by atoms with Crippen LogP contribution >= 0.6 is 0 Å². The Balaban J connectivity index is 1.68. The SMILES string of the molecule is O=C(Nc1cncc(F)c1)N1CC[C@@H]2CNC[C@@H]21. The van der Waals surface area contributed by atoms with Gasteiger partial charge in [0.15, 0.2) is 0 Å². The van der Waals surface area contributed by atoms with E-state index in [2.05, 4.69) is 15.6 Å². The van der Waals surface area contributed by atoms with Crippen LogP contribution in [0, 0.1) is 11.7 Å². The number of aromatic nitrogens is 1. The zero-order valence-corrected chi connectivity index (χ0v) is 9.90. The van der Waals surface area contributed by atoms with E-state index in [1.54, 1.807) is 0 Å². The van der Waals surface area contributed by atoms with Gasteiger partial charge < -0.3 is 15.5 Å². The van der Waals surface area contributed by atoms with E-state index < -0.39 is 5.82 Å². The van der Waals surface area contributed by atoms with Gasteiger partial charge in [-0.3, -0.25) is 4.98 Å². The maximum atomic E-state index is 13.0. The third-order valence-electron chi connectivity index (χ3n) is 3.66. The summed E-state index contributed by atoms with van der Waals surface area (Å²) in [6, 6.07) is 1.37. The van der Waals surface area contributed by atoms with Crippen LogP contribution in [-0.4, -0.2) is 41.6 Å². The summed E-state index contributed by atoms with van der Waals surface area (Å²) < 4.78 is 13.0. The summed E-state index contributed by atoms with van der Waals surface area (Å²) in [5, 5.41) is 5.98. The van der Waals surface area contributed by atoms with Crippen LogP contribution in [0.2, 0.25) is 0 Å². The van der Waals surface area contributed by atoms with Gasteiger partial charge in [0.25, 0.3) is 0 Å². The number of nitrogens with one attached hydrogen (secondary N) is 2. The first-order valence-electron chi connectivity index (χ1n) is 6.13. The second-order valence-electron chi connectivity index (χ2n) is 4.79. The summed E-state index contributed by atoms with van der Waals surface area (Å²) in [5.41, 5.74) is 0.398. The molecule has 2 amide bonds. The Morgan fingerprint density at radius 1 is 1.50 bits per heavy atom. The number of pyridine rings is 1. The highest BCUT2D eigenvalue weighted by Gasteiger charge is 2.39. The summed E-state index contributed by atoms with van der Waals surface area (Å²) in [7, 11) is 0. The van der Waals surface area contributed by atoms with Crippen LogP contribution in [0.5, 0.6) is 0 Å². The lowest BCUT2D eigenvalue weighted by atomic mass is 10.1. The molecule has 5 nitrogen and oxygen atoms in total. The Kier molecular flexibility index (Phi) is 2.87. The van der Waals surface area contributed by atoms with E-state index in [0.29, 0.717) is 11.6 Å². The zero-order valence-electron chi connectivity index (χ0n) is 9.90. The summed E-state index contributed by atoms with van der Waals surface area (Å²) in [5.74, 6) is 0.107. The van der Waals surface area contributed by atoms with Crippen LogP contribution in [0.25, 0.3) is 0 Å². The van der Waals surface area contributed by atoms with Gasteiger partial charge in [-0.25, -0.2) is 9.18 Å². The second kappa shape index (κ2) is 4.53. The van der Waals surface area contributed by atoms with E-state index in [1.165, 1.54) is 12.3 Å². The van der Waals surface area contributed by atoms with Crippen LogP contribution in [0.3, 0.4) is 0 Å². The molecule has 2 saturated heterocycles. The molecule has 18 heavy (non-hydrogen) atoms. The lowest BCUT2D eigenvalue weighted by Crippen LogP contribution is -2.41. The second-order valence-corrected chi connectivity index (χ2v) is 4.79. The number of anilines is 1. The van der Waals surface area contributed by atoms with E-state index in [9.17, 15) is 9.18 Å². The van der Waals surface area contributed by atoms with Gasteiger partial charge >= 0.3 is 6.03 Å². The average Bonchev–Trinajstić information content (AvgIpc) is 2.89. The van der Waals surface area contributed by atoms with Crippen molar-refractivity contribution in [3.8, 4) is 0 Å². The highest BCUT2D eigenvalue weighted by molar-refractivity contribution is 5.89. The molecule has 0 unspecified atom stereocenters. The largest absolute Gasteiger partial charge is 0.322 e. The van der Waals surface area contributed by atoms with Crippen molar-refractivity contribution < 1.29 is 9.18 Å². The van der Waals surface area contributed by atoms with Crippen molar-refractivity contribution in [2.45, 2.75) is 12.5 Å². The van der Waals surface area contributed by atoms with Crippen LogP contribution in [-0.2, 0) is 0 Å². The molecule has 1 aromatic rings. The minimum atomic E-state index is -0.449. The van der Waals surface area contributed by atoms with Crippen molar-refractivity contribution >= 4 is 11.7 Å². The quantitative estimate of drug-likeness (QED) is 0.783. The number of carbonyl (C=O) groups excluding carboxylic acids is 1. The monoisotopic (exact) mass is 250 g/mol. The normalized spacial score (nSPS) is 26.2. The van der Waals surface area contributed by atoms with Gasteiger partial charge in [-0.05, 0) is 12.3 Å². The van der Waals surface area contributed by atoms with Crippen LogP contribution < -0.4 is 10.6 Å². The number of amides is 2. The predicted molar refractivity (Wildman–Crippen MR) is 64.7 cm³/mol. The van der Waals surface area contributed by atoms with Gasteiger partial charge in [0.05, 0.1) is 18.1 Å². The third-order valence-corrected chi connectivity index (χ3v) is 3.66. The van der Waals surface area contributed by atoms with E-state index in [1.807, 2.05) is 4.90 Å². The number of hydrogen-bond donors (Lipinski definition) is 2. The van der Waals surface area contributed by atoms with E-state index in [4.69, 9.17) is 0 Å². The molecule has 0 bridgehead atoms. The minimum absolute atomic E-state index is 0.168.